The molecule has 0 aromatic rings. The molecule has 0 fully saturated rings. The summed E-state index contributed by atoms with van der Waals surface area (Å²) in [5, 5.41) is 7.12. The van der Waals surface area contributed by atoms with Crippen LogP contribution in [0.5, 0.6) is 0 Å². The van der Waals surface area contributed by atoms with Crippen LogP contribution in [0, 0.1) is 0 Å². The van der Waals surface area contributed by atoms with Crippen LogP contribution in [-0.4, -0.2) is 12.8 Å². The second-order valence-corrected chi connectivity index (χ2v) is 1.78. The zero-order valence-corrected chi connectivity index (χ0v) is 5.64. The second-order valence-electron chi connectivity index (χ2n) is 1.78. The molecule has 2 aliphatic heterocycles. The molecule has 3 heteroatoms. The molecule has 0 atom stereocenters. The van der Waals surface area contributed by atoms with Gasteiger partial charge in [-0.2, -0.15) is 10.2 Å². The van der Waals surface area contributed by atoms with Gasteiger partial charge in [-0.25, -0.2) is 0 Å². The Morgan fingerprint density at radius 2 is 2.10 bits per heavy atom. The van der Waals surface area contributed by atoms with Crippen LogP contribution in [-0.2, 0) is 0 Å². The van der Waals surface area contributed by atoms with Crippen molar-refractivity contribution in [2.45, 2.75) is 6.42 Å². The van der Waals surface area contributed by atoms with Crippen molar-refractivity contribution in [3.8, 4) is 0 Å². The highest BCUT2D eigenvalue weighted by atomic mass is 15.1. The summed E-state index contributed by atoms with van der Waals surface area (Å²) in [4.78, 5) is 3.78. The summed E-state index contributed by atoms with van der Waals surface area (Å²) in [6.45, 7) is 0.778. The first kappa shape index (κ1) is 6.86. The van der Waals surface area contributed by atoms with Gasteiger partial charge in [-0.1, -0.05) is 6.08 Å². The molecule has 0 amide bonds. The maximum absolute atomic E-state index is 3.78. The molecular weight excluding hydrogens is 126 g/mol. The third-order valence-electron chi connectivity index (χ3n) is 0.979. The van der Waals surface area contributed by atoms with Gasteiger partial charge in [-0.05, 0) is 6.08 Å². The maximum atomic E-state index is 3.78. The van der Waals surface area contributed by atoms with E-state index in [4.69, 9.17) is 0 Å². The maximum Gasteiger partial charge on any atom is 0.0802 e. The predicted molar refractivity (Wildman–Crippen MR) is 41.1 cm³/mol. The Morgan fingerprint density at radius 3 is 2.30 bits per heavy atom. The highest BCUT2D eigenvalue weighted by molar-refractivity contribution is 5.62. The van der Waals surface area contributed by atoms with E-state index in [0.717, 1.165) is 13.0 Å². The summed E-state index contributed by atoms with van der Waals surface area (Å²) in [5.41, 5.74) is 0. The lowest BCUT2D eigenvalue weighted by atomic mass is 10.5. The summed E-state index contributed by atoms with van der Waals surface area (Å²) in [6.07, 6.45) is 10.3. The van der Waals surface area contributed by atoms with Crippen LogP contribution in [0.1, 0.15) is 6.42 Å². The van der Waals surface area contributed by atoms with Gasteiger partial charge in [0.25, 0.3) is 0 Å². The van der Waals surface area contributed by atoms with E-state index in [0.29, 0.717) is 0 Å². The van der Waals surface area contributed by atoms with Crippen molar-refractivity contribution in [2.75, 3.05) is 6.54 Å². The van der Waals surface area contributed by atoms with Crippen LogP contribution >= 0.6 is 0 Å². The van der Waals surface area contributed by atoms with Crippen molar-refractivity contribution in [3.63, 3.8) is 0 Å². The molecule has 52 valence electrons. The molecule has 0 saturated heterocycles. The highest BCUT2D eigenvalue weighted by Crippen LogP contribution is 1.87. The van der Waals surface area contributed by atoms with Crippen molar-refractivity contribution in [1.29, 1.82) is 0 Å². The van der Waals surface area contributed by atoms with Gasteiger partial charge in [0.1, 0.15) is 0 Å². The largest absolute Gasteiger partial charge is 0.269 e. The van der Waals surface area contributed by atoms with Gasteiger partial charge in [0, 0.05) is 25.0 Å². The molecule has 10 heavy (non-hydrogen) atoms. The Labute approximate surface area is 59.9 Å². The number of azo groups is 1. The lowest BCUT2D eigenvalue weighted by Crippen LogP contribution is -1.53. The number of hydrogen-bond donors (Lipinski definition) is 0. The summed E-state index contributed by atoms with van der Waals surface area (Å²) in [5.74, 6) is 0. The van der Waals surface area contributed by atoms with Gasteiger partial charge in [0.05, 0.1) is 6.54 Å². The first-order valence-electron chi connectivity index (χ1n) is 3.18. The van der Waals surface area contributed by atoms with Crippen molar-refractivity contribution in [1.82, 2.24) is 0 Å². The Hall–Kier alpha value is -1.25. The lowest BCUT2D eigenvalue weighted by molar-refractivity contribution is 1.14. The molecule has 0 aliphatic carbocycles. The van der Waals surface area contributed by atoms with Crippen LogP contribution in [0.25, 0.3) is 0 Å². The first-order chi connectivity index (χ1) is 5.00. The predicted octanol–water partition coefficient (Wildman–Crippen LogP) is 1.94. The minimum absolute atomic E-state index is 0.778. The Morgan fingerprint density at radius 1 is 1.10 bits per heavy atom. The van der Waals surface area contributed by atoms with Crippen LogP contribution in [0.3, 0.4) is 0 Å². The van der Waals surface area contributed by atoms with E-state index in [9.17, 15) is 0 Å². The zero-order chi connectivity index (χ0) is 7.07. The summed E-state index contributed by atoms with van der Waals surface area (Å²) < 4.78 is 0. The fraction of sp³-hybridized carbons (Fsp3) is 0.286. The first-order valence-corrected chi connectivity index (χ1v) is 3.18. The van der Waals surface area contributed by atoms with Crippen LogP contribution in [0.2, 0.25) is 0 Å². The molecule has 0 spiro atoms. The van der Waals surface area contributed by atoms with Crippen molar-refractivity contribution in [3.05, 3.63) is 24.6 Å². The fourth-order valence-electron chi connectivity index (χ4n) is 0.540. The molecule has 2 heterocycles. The standard InChI is InChI=1S/C4H5N.C3H4N2/c2*1-2-4-5-3-1/h1,3-4H,2H2;1-2H,3H2. The Kier molecular flexibility index (Phi) is 3.17. The molecule has 0 radical (unpaired) electrons. The Bertz CT molecular complexity index is 147. The van der Waals surface area contributed by atoms with E-state index in [-0.39, 0.29) is 0 Å². The smallest absolute Gasteiger partial charge is 0.0802 e. The summed E-state index contributed by atoms with van der Waals surface area (Å²) in [7, 11) is 0. The highest BCUT2D eigenvalue weighted by Gasteiger charge is 1.74. The molecule has 0 aromatic heterocycles. The third-order valence-corrected chi connectivity index (χ3v) is 0.979. The van der Waals surface area contributed by atoms with Gasteiger partial charge in [0.2, 0.25) is 0 Å². The van der Waals surface area contributed by atoms with Crippen LogP contribution in [0.4, 0.5) is 0 Å². The molecular formula is C7H9N3. The topological polar surface area (TPSA) is 37.1 Å². The molecule has 0 bridgehead atoms. The van der Waals surface area contributed by atoms with Crippen molar-refractivity contribution >= 4 is 6.21 Å². The van der Waals surface area contributed by atoms with Gasteiger partial charge in [0.15, 0.2) is 0 Å². The summed E-state index contributed by atoms with van der Waals surface area (Å²) >= 11 is 0. The number of rotatable bonds is 0. The van der Waals surface area contributed by atoms with E-state index in [1.807, 2.05) is 18.4 Å². The van der Waals surface area contributed by atoms with Crippen LogP contribution in [0.15, 0.2) is 39.8 Å². The average molecular weight is 135 g/mol. The van der Waals surface area contributed by atoms with Gasteiger partial charge < -0.3 is 0 Å². The average Bonchev–Trinajstić information content (AvgIpc) is 2.67. The molecule has 0 aromatic carbocycles. The van der Waals surface area contributed by atoms with Crippen molar-refractivity contribution in [2.24, 2.45) is 15.2 Å². The number of hydrogen-bond acceptors (Lipinski definition) is 3. The van der Waals surface area contributed by atoms with Gasteiger partial charge in [-0.15, -0.1) is 0 Å². The Balaban J connectivity index is 0.0000001000. The summed E-state index contributed by atoms with van der Waals surface area (Å²) in [6, 6.07) is 0. The van der Waals surface area contributed by atoms with E-state index >= 15 is 0 Å². The van der Waals surface area contributed by atoms with Crippen molar-refractivity contribution < 1.29 is 0 Å². The molecule has 2 rings (SSSR count). The van der Waals surface area contributed by atoms with E-state index in [2.05, 4.69) is 15.2 Å². The number of aliphatic imine (C=N–C) groups is 1. The number of nitrogens with zero attached hydrogens (tertiary/aromatic N) is 3. The van der Waals surface area contributed by atoms with Gasteiger partial charge >= 0.3 is 0 Å². The molecule has 0 unspecified atom stereocenters. The quantitative estimate of drug-likeness (QED) is 0.486. The number of allylic oxidation sites excluding steroid dienone is 1. The fourth-order valence-corrected chi connectivity index (χ4v) is 0.540. The van der Waals surface area contributed by atoms with Gasteiger partial charge in [-0.3, -0.25) is 4.99 Å². The second kappa shape index (κ2) is 4.61. The SMILES string of the molecule is C1=CN=CC1.C1=CN=NC1. The van der Waals surface area contributed by atoms with E-state index in [1.165, 1.54) is 0 Å². The van der Waals surface area contributed by atoms with Crippen LogP contribution < -0.4 is 0 Å². The molecule has 0 saturated carbocycles. The zero-order valence-electron chi connectivity index (χ0n) is 5.64. The van der Waals surface area contributed by atoms with E-state index < -0.39 is 0 Å². The monoisotopic (exact) mass is 135 g/mol. The molecule has 2 aliphatic rings. The normalized spacial score (nSPS) is 17.6. The molecule has 0 N–H and O–H groups in total. The van der Waals surface area contributed by atoms with E-state index in [1.54, 1.807) is 12.4 Å². The molecule has 3 nitrogen and oxygen atoms in total. The third kappa shape index (κ3) is 2.91. The lowest BCUT2D eigenvalue weighted by Gasteiger charge is -1.56. The minimum atomic E-state index is 0.778. The minimum Gasteiger partial charge on any atom is -0.269 e.